The molecule has 0 aliphatic heterocycles. The molecule has 15 heavy (non-hydrogen) atoms. The minimum atomic E-state index is -3.21. The van der Waals surface area contributed by atoms with Crippen molar-refractivity contribution in [3.8, 4) is 5.81 Å². The van der Waals surface area contributed by atoms with E-state index < -0.39 is 7.52 Å². The highest BCUT2D eigenvalue weighted by atomic mass is 31.2. The Kier molecular flexibility index (Phi) is 7.68. The molecule has 0 aromatic carbocycles. The fourth-order valence-electron chi connectivity index (χ4n) is 1.20. The highest BCUT2D eigenvalue weighted by molar-refractivity contribution is 7.61. The van der Waals surface area contributed by atoms with Gasteiger partial charge in [0.15, 0.2) is 5.81 Å². The molecule has 0 saturated carbocycles. The Hall–Kier alpha value is -0.360. The molecule has 0 fully saturated rings. The van der Waals surface area contributed by atoms with Crippen LogP contribution in [0.2, 0.25) is 0 Å². The van der Waals surface area contributed by atoms with Crippen LogP contribution in [0.5, 0.6) is 0 Å². The second kappa shape index (κ2) is 7.87. The predicted octanol–water partition coefficient (Wildman–Crippen LogP) is 3.21. The third kappa shape index (κ3) is 5.32. The summed E-state index contributed by atoms with van der Waals surface area (Å²) in [5.41, 5.74) is 0. The van der Waals surface area contributed by atoms with Gasteiger partial charge in [0, 0.05) is 6.54 Å². The van der Waals surface area contributed by atoms with E-state index in [0.29, 0.717) is 13.2 Å². The fourth-order valence-corrected chi connectivity index (χ4v) is 2.45. The summed E-state index contributed by atoms with van der Waals surface area (Å²) in [7, 11) is -1.54. The van der Waals surface area contributed by atoms with E-state index in [2.05, 4.69) is 6.92 Å². The standard InChI is InChI=1S/C10H21N2O2P/c1-4-6-7-9-14-15(13,10-11)12(3)8-5-2/h4-9H2,1-3H3. The molecule has 0 aliphatic rings. The van der Waals surface area contributed by atoms with E-state index in [0.717, 1.165) is 25.7 Å². The Labute approximate surface area is 92.7 Å². The number of rotatable bonds is 8. The molecule has 0 aromatic heterocycles. The molecule has 0 rings (SSSR count). The van der Waals surface area contributed by atoms with Gasteiger partial charge in [0.25, 0.3) is 0 Å². The van der Waals surface area contributed by atoms with Crippen LogP contribution in [-0.2, 0) is 9.09 Å². The van der Waals surface area contributed by atoms with Gasteiger partial charge in [-0.3, -0.25) is 4.57 Å². The van der Waals surface area contributed by atoms with Gasteiger partial charge in [0.1, 0.15) is 0 Å². The van der Waals surface area contributed by atoms with Crippen molar-refractivity contribution in [2.45, 2.75) is 39.5 Å². The number of nitriles is 1. The van der Waals surface area contributed by atoms with Crippen LogP contribution in [0.1, 0.15) is 39.5 Å². The maximum absolute atomic E-state index is 12.0. The maximum atomic E-state index is 12.0. The molecule has 5 heteroatoms. The minimum absolute atomic E-state index is 0.409. The molecule has 0 aromatic rings. The summed E-state index contributed by atoms with van der Waals surface area (Å²) >= 11 is 0. The fraction of sp³-hybridized carbons (Fsp3) is 0.900. The van der Waals surface area contributed by atoms with E-state index in [1.165, 1.54) is 4.67 Å². The van der Waals surface area contributed by atoms with Crippen molar-refractivity contribution in [2.24, 2.45) is 0 Å². The van der Waals surface area contributed by atoms with Gasteiger partial charge in [-0.25, -0.2) is 4.67 Å². The Bertz CT molecular complexity index is 250. The lowest BCUT2D eigenvalue weighted by atomic mass is 10.3. The molecule has 1 unspecified atom stereocenters. The Morgan fingerprint density at radius 2 is 2.00 bits per heavy atom. The topological polar surface area (TPSA) is 53.3 Å². The van der Waals surface area contributed by atoms with Crippen LogP contribution in [0.4, 0.5) is 0 Å². The molecule has 0 bridgehead atoms. The van der Waals surface area contributed by atoms with Crippen molar-refractivity contribution >= 4 is 7.52 Å². The van der Waals surface area contributed by atoms with E-state index in [1.807, 2.05) is 6.92 Å². The average molecular weight is 232 g/mol. The van der Waals surface area contributed by atoms with Gasteiger partial charge in [-0.15, -0.1) is 0 Å². The van der Waals surface area contributed by atoms with Gasteiger partial charge < -0.3 is 4.52 Å². The van der Waals surface area contributed by atoms with Crippen molar-refractivity contribution < 1.29 is 9.09 Å². The average Bonchev–Trinajstić information content (AvgIpc) is 2.24. The normalized spacial score (nSPS) is 14.9. The lowest BCUT2D eigenvalue weighted by Crippen LogP contribution is -2.17. The second-order valence-corrected chi connectivity index (χ2v) is 5.72. The van der Waals surface area contributed by atoms with Crippen molar-refractivity contribution in [2.75, 3.05) is 20.2 Å². The van der Waals surface area contributed by atoms with Gasteiger partial charge in [-0.05, 0) is 19.9 Å². The van der Waals surface area contributed by atoms with Crippen molar-refractivity contribution in [1.29, 1.82) is 5.26 Å². The molecule has 4 nitrogen and oxygen atoms in total. The van der Waals surface area contributed by atoms with Gasteiger partial charge in [-0.1, -0.05) is 26.7 Å². The summed E-state index contributed by atoms with van der Waals surface area (Å²) in [6.45, 7) is 5.10. The van der Waals surface area contributed by atoms with Crippen LogP contribution in [0.15, 0.2) is 0 Å². The first-order valence-electron chi connectivity index (χ1n) is 5.48. The summed E-state index contributed by atoms with van der Waals surface area (Å²) in [5.74, 6) is 1.80. The zero-order chi connectivity index (χ0) is 11.7. The van der Waals surface area contributed by atoms with Crippen molar-refractivity contribution in [1.82, 2.24) is 4.67 Å². The molecule has 88 valence electrons. The molecule has 0 radical (unpaired) electrons. The van der Waals surface area contributed by atoms with E-state index in [-0.39, 0.29) is 0 Å². The summed E-state index contributed by atoms with van der Waals surface area (Å²) in [5, 5.41) is 8.86. The first-order chi connectivity index (χ1) is 7.10. The lowest BCUT2D eigenvalue weighted by Gasteiger charge is -2.21. The quantitative estimate of drug-likeness (QED) is 0.476. The number of hydrogen-bond acceptors (Lipinski definition) is 3. The lowest BCUT2D eigenvalue weighted by molar-refractivity contribution is 0.273. The Balaban J connectivity index is 4.09. The zero-order valence-electron chi connectivity index (χ0n) is 9.90. The van der Waals surface area contributed by atoms with E-state index in [1.54, 1.807) is 12.9 Å². The molecular weight excluding hydrogens is 211 g/mol. The SMILES string of the molecule is CCCCCOP(=O)(C#N)N(C)CCC. The van der Waals surface area contributed by atoms with Crippen LogP contribution in [0, 0.1) is 11.1 Å². The number of unbranched alkanes of at least 4 members (excludes halogenated alkanes) is 2. The first kappa shape index (κ1) is 14.6. The third-order valence-electron chi connectivity index (χ3n) is 2.14. The maximum Gasteiger partial charge on any atom is 0.370 e. The summed E-state index contributed by atoms with van der Waals surface area (Å²) in [6, 6.07) is 0. The molecular formula is C10H21N2O2P. The molecule has 0 spiro atoms. The smallest absolute Gasteiger partial charge is 0.307 e. The summed E-state index contributed by atoms with van der Waals surface area (Å²) in [6.07, 6.45) is 3.86. The number of hydrogen-bond donors (Lipinski definition) is 0. The summed E-state index contributed by atoms with van der Waals surface area (Å²) < 4.78 is 18.7. The third-order valence-corrected chi connectivity index (χ3v) is 4.02. The van der Waals surface area contributed by atoms with Crippen LogP contribution < -0.4 is 0 Å². The van der Waals surface area contributed by atoms with E-state index in [4.69, 9.17) is 9.79 Å². The van der Waals surface area contributed by atoms with Gasteiger partial charge >= 0.3 is 7.52 Å². The monoisotopic (exact) mass is 232 g/mol. The Morgan fingerprint density at radius 1 is 1.33 bits per heavy atom. The van der Waals surface area contributed by atoms with Gasteiger partial charge in [0.05, 0.1) is 6.61 Å². The number of nitrogens with zero attached hydrogens (tertiary/aromatic N) is 2. The molecule has 0 aliphatic carbocycles. The predicted molar refractivity (Wildman–Crippen MR) is 61.6 cm³/mol. The van der Waals surface area contributed by atoms with Crippen molar-refractivity contribution in [3.05, 3.63) is 0 Å². The minimum Gasteiger partial charge on any atom is -0.307 e. The largest absolute Gasteiger partial charge is 0.370 e. The highest BCUT2D eigenvalue weighted by Gasteiger charge is 2.27. The van der Waals surface area contributed by atoms with Gasteiger partial charge in [-0.2, -0.15) is 5.26 Å². The van der Waals surface area contributed by atoms with E-state index in [9.17, 15) is 4.57 Å². The molecule has 0 N–H and O–H groups in total. The highest BCUT2D eigenvalue weighted by Crippen LogP contribution is 2.48. The van der Waals surface area contributed by atoms with Crippen LogP contribution in [-0.4, -0.2) is 24.9 Å². The summed E-state index contributed by atoms with van der Waals surface area (Å²) in [4.78, 5) is 0. The van der Waals surface area contributed by atoms with Crippen LogP contribution in [0.3, 0.4) is 0 Å². The van der Waals surface area contributed by atoms with E-state index >= 15 is 0 Å². The molecule has 0 amide bonds. The molecule has 0 saturated heterocycles. The second-order valence-electron chi connectivity index (χ2n) is 3.54. The molecule has 1 atom stereocenters. The van der Waals surface area contributed by atoms with Crippen molar-refractivity contribution in [3.63, 3.8) is 0 Å². The van der Waals surface area contributed by atoms with Gasteiger partial charge in [0.2, 0.25) is 0 Å². The zero-order valence-corrected chi connectivity index (χ0v) is 10.8. The van der Waals surface area contributed by atoms with Crippen LogP contribution >= 0.6 is 7.52 Å². The van der Waals surface area contributed by atoms with Crippen LogP contribution in [0.25, 0.3) is 0 Å². The first-order valence-corrected chi connectivity index (χ1v) is 7.06. The Morgan fingerprint density at radius 3 is 2.47 bits per heavy atom. The molecule has 0 heterocycles.